The molecule has 0 saturated heterocycles. The van der Waals surface area contributed by atoms with E-state index in [1.165, 1.54) is 0 Å². The summed E-state index contributed by atoms with van der Waals surface area (Å²) in [4.78, 5) is 0. The van der Waals surface area contributed by atoms with E-state index in [-0.39, 0.29) is 52.8 Å². The van der Waals surface area contributed by atoms with Crippen LogP contribution >= 0.6 is 0 Å². The van der Waals surface area contributed by atoms with Gasteiger partial charge in [0.15, 0.2) is 5.76 Å². The van der Waals surface area contributed by atoms with Gasteiger partial charge in [0.2, 0.25) is 0 Å². The Morgan fingerprint density at radius 1 is 1.55 bits per heavy atom. The molecule has 11 heavy (non-hydrogen) atoms. The molecule has 0 aliphatic carbocycles. The topological polar surface area (TPSA) is 49.7 Å². The maximum atomic E-state index is 11.4. The molecule has 8 heteroatoms. The van der Waals surface area contributed by atoms with Crippen LogP contribution in [0, 0.1) is 0 Å². The fourth-order valence-electron chi connectivity index (χ4n) is 0.246. The van der Waals surface area contributed by atoms with Crippen molar-refractivity contribution < 1.29 is 80.7 Å². The molecule has 0 aromatic carbocycles. The largest absolute Gasteiger partial charge is 1.00 e. The van der Waals surface area contributed by atoms with Crippen molar-refractivity contribution >= 4 is 7.32 Å². The minimum absolute atomic E-state index is 0. The summed E-state index contributed by atoms with van der Waals surface area (Å²) in [6, 6.07) is 0. The molecule has 0 fully saturated rings. The summed E-state index contributed by atoms with van der Waals surface area (Å²) in [5.41, 5.74) is 0. The van der Waals surface area contributed by atoms with Crippen molar-refractivity contribution in [3.63, 3.8) is 0 Å². The van der Waals surface area contributed by atoms with Crippen molar-refractivity contribution in [2.24, 2.45) is 0 Å². The Kier molecular flexibility index (Phi) is 9.99. The van der Waals surface area contributed by atoms with Gasteiger partial charge in [0.1, 0.15) is 6.33 Å². The maximum absolute atomic E-state index is 11.4. The molecule has 0 aromatic heterocycles. The van der Waals surface area contributed by atoms with Crippen LogP contribution in [-0.4, -0.2) is 23.8 Å². The second-order valence-corrected chi connectivity index (χ2v) is 1.26. The first-order chi connectivity index (χ1) is 4.57. The summed E-state index contributed by atoms with van der Waals surface area (Å²) in [6.07, 6.45) is -3.73. The zero-order valence-electron chi connectivity index (χ0n) is 6.67. The molecule has 0 spiro atoms. The maximum Gasteiger partial charge on any atom is 1.00 e. The monoisotopic (exact) mass is 196 g/mol. The molecule has 0 atom stereocenters. The smallest absolute Gasteiger partial charge is 1.00 e. The van der Waals surface area contributed by atoms with E-state index in [2.05, 4.69) is 4.65 Å². The van der Waals surface area contributed by atoms with Gasteiger partial charge in [-0.1, -0.05) is 0 Å². The summed E-state index contributed by atoms with van der Waals surface area (Å²) < 4.78 is 37.6. The average Bonchev–Trinajstić information content (AvgIpc) is 1.81. The van der Waals surface area contributed by atoms with Crippen LogP contribution in [0.2, 0.25) is 0 Å². The Balaban J connectivity index is -0.000000405. The van der Waals surface area contributed by atoms with Gasteiger partial charge in [-0.3, -0.25) is 0 Å². The second kappa shape index (κ2) is 7.59. The van der Waals surface area contributed by atoms with Gasteiger partial charge in [0.25, 0.3) is 6.43 Å². The van der Waals surface area contributed by atoms with Gasteiger partial charge < -0.3 is 16.1 Å². The van der Waals surface area contributed by atoms with Crippen LogP contribution in [0.15, 0.2) is 12.1 Å². The quantitative estimate of drug-likeness (QED) is 0.377. The van der Waals surface area contributed by atoms with Crippen molar-refractivity contribution in [1.29, 1.82) is 0 Å². The van der Waals surface area contributed by atoms with E-state index in [4.69, 9.17) is 10.0 Å². The van der Waals surface area contributed by atoms with Crippen LogP contribution in [0.3, 0.4) is 0 Å². The van der Waals surface area contributed by atoms with E-state index in [1.807, 2.05) is 0 Å². The first-order valence-electron chi connectivity index (χ1n) is 2.19. The Morgan fingerprint density at radius 2 is 2.00 bits per heavy atom. The van der Waals surface area contributed by atoms with Gasteiger partial charge in [0.05, 0.1) is 0 Å². The molecule has 0 aliphatic heterocycles. The molecule has 60 valence electrons. The van der Waals surface area contributed by atoms with Crippen LogP contribution in [0.1, 0.15) is 1.43 Å². The van der Waals surface area contributed by atoms with Gasteiger partial charge in [0, 0.05) is 0 Å². The molecule has 0 saturated carbocycles. The van der Waals surface area contributed by atoms with Crippen LogP contribution in [-0.2, 0) is 4.65 Å². The number of hydrogen-bond acceptors (Lipinski definition) is 3. The summed E-state index contributed by atoms with van der Waals surface area (Å²) in [7, 11) is -2.42. The molecule has 0 bridgehead atoms. The van der Waals surface area contributed by atoms with E-state index in [0.717, 1.165) is 0 Å². The van der Waals surface area contributed by atoms with Gasteiger partial charge in [-0.2, -0.15) is 0 Å². The Hall–Kier alpha value is 0.951. The zero-order valence-corrected chi connectivity index (χ0v) is 8.79. The molecule has 0 rings (SSSR count). The molecular weight excluding hydrogens is 191 g/mol. The van der Waals surface area contributed by atoms with E-state index in [9.17, 15) is 13.2 Å². The fraction of sp³-hybridized carbons (Fsp3) is 0.333. The molecular formula is C3H5BF3KO3. The normalized spacial score (nSPS) is 10.9. The van der Waals surface area contributed by atoms with Gasteiger partial charge in [-0.05, 0) is 0 Å². The average molecular weight is 196 g/mol. The summed E-state index contributed by atoms with van der Waals surface area (Å²) in [6.45, 7) is 0. The molecule has 0 radical (unpaired) electrons. The fourth-order valence-corrected chi connectivity index (χ4v) is 0.246. The Morgan fingerprint density at radius 3 is 2.09 bits per heavy atom. The predicted octanol–water partition coefficient (Wildman–Crippen LogP) is -2.83. The third-order valence-corrected chi connectivity index (χ3v) is 0.564. The molecule has 0 heterocycles. The van der Waals surface area contributed by atoms with E-state index in [0.29, 0.717) is 0 Å². The molecule has 0 unspecified atom stereocenters. The molecule has 3 nitrogen and oxygen atoms in total. The first kappa shape index (κ1) is 14.5. The van der Waals surface area contributed by atoms with Crippen LogP contribution in [0.5, 0.6) is 0 Å². The zero-order chi connectivity index (χ0) is 8.15. The standard InChI is InChI=1S/C3H4BF3O3.K.H/c5-1-2(3(6)7)10-4(8)9;;/h1,3,8-9H;;/q;+1;-1. The summed E-state index contributed by atoms with van der Waals surface area (Å²) in [5.74, 6) is -1.41. The minimum atomic E-state index is -3.19. The molecule has 0 aliphatic rings. The van der Waals surface area contributed by atoms with Crippen molar-refractivity contribution in [2.45, 2.75) is 6.43 Å². The third kappa shape index (κ3) is 7.32. The van der Waals surface area contributed by atoms with Crippen molar-refractivity contribution in [2.75, 3.05) is 0 Å². The SMILES string of the molecule is OB(O)OC(=CF)C(F)F.[H-].[K+]. The van der Waals surface area contributed by atoms with Crippen LogP contribution in [0.25, 0.3) is 0 Å². The number of halogens is 3. The van der Waals surface area contributed by atoms with Gasteiger partial charge in [-0.15, -0.1) is 0 Å². The Bertz CT molecular complexity index is 136. The predicted molar refractivity (Wildman–Crippen MR) is 27.6 cm³/mol. The number of allylic oxidation sites excluding steroid dienone is 1. The molecule has 0 amide bonds. The van der Waals surface area contributed by atoms with Gasteiger partial charge in [-0.25, -0.2) is 13.2 Å². The Labute approximate surface area is 105 Å². The van der Waals surface area contributed by atoms with Gasteiger partial charge >= 0.3 is 58.7 Å². The minimum Gasteiger partial charge on any atom is -1.00 e. The molecule has 0 aromatic rings. The number of alkyl halides is 2. The third-order valence-electron chi connectivity index (χ3n) is 0.564. The summed E-state index contributed by atoms with van der Waals surface area (Å²) in [5, 5.41) is 15.8. The van der Waals surface area contributed by atoms with Crippen LogP contribution in [0.4, 0.5) is 13.2 Å². The van der Waals surface area contributed by atoms with Crippen molar-refractivity contribution in [3.8, 4) is 0 Å². The number of hydrogen-bond donors (Lipinski definition) is 2. The van der Waals surface area contributed by atoms with Crippen molar-refractivity contribution in [3.05, 3.63) is 12.1 Å². The van der Waals surface area contributed by atoms with Crippen molar-refractivity contribution in [1.82, 2.24) is 0 Å². The first-order valence-corrected chi connectivity index (χ1v) is 2.19. The van der Waals surface area contributed by atoms with E-state index in [1.54, 1.807) is 0 Å². The summed E-state index contributed by atoms with van der Waals surface area (Å²) >= 11 is 0. The second-order valence-electron chi connectivity index (χ2n) is 1.26. The number of rotatable bonds is 3. The van der Waals surface area contributed by atoms with E-state index < -0.39 is 25.8 Å². The van der Waals surface area contributed by atoms with E-state index >= 15 is 0 Å². The molecule has 2 N–H and O–H groups in total. The van der Waals surface area contributed by atoms with Crippen LogP contribution < -0.4 is 51.4 Å².